The van der Waals surface area contributed by atoms with E-state index < -0.39 is 0 Å². The van der Waals surface area contributed by atoms with Gasteiger partial charge in [0.05, 0.1) is 11.2 Å². The fourth-order valence-electron chi connectivity index (χ4n) is 2.21. The van der Waals surface area contributed by atoms with E-state index >= 15 is 0 Å². The van der Waals surface area contributed by atoms with Crippen LogP contribution in [0.1, 0.15) is 22.6 Å². The van der Waals surface area contributed by atoms with Gasteiger partial charge in [-0.05, 0) is 47.9 Å². The van der Waals surface area contributed by atoms with Crippen LogP contribution < -0.4 is 5.32 Å². The van der Waals surface area contributed by atoms with Crippen LogP contribution in [-0.4, -0.2) is 10.9 Å². The largest absolute Gasteiger partial charge is 0.352 e. The number of hydrogen-bond donors (Lipinski definition) is 1. The topological polar surface area (TPSA) is 42.0 Å². The SMILES string of the molecule is Cc1ncsc1CCC(=O)NCc1ccc2sccc2c1. The van der Waals surface area contributed by atoms with Crippen molar-refractivity contribution in [1.82, 2.24) is 10.3 Å². The summed E-state index contributed by atoms with van der Waals surface area (Å²) >= 11 is 3.35. The number of carbonyl (C=O) groups is 1. The summed E-state index contributed by atoms with van der Waals surface area (Å²) in [6, 6.07) is 8.44. The van der Waals surface area contributed by atoms with Crippen molar-refractivity contribution in [2.45, 2.75) is 26.3 Å². The van der Waals surface area contributed by atoms with Crippen molar-refractivity contribution < 1.29 is 4.79 Å². The number of rotatable bonds is 5. The van der Waals surface area contributed by atoms with Gasteiger partial charge in [0.2, 0.25) is 5.91 Å². The summed E-state index contributed by atoms with van der Waals surface area (Å²) in [6.45, 7) is 2.58. The van der Waals surface area contributed by atoms with Crippen molar-refractivity contribution in [3.8, 4) is 0 Å². The molecule has 0 bridgehead atoms. The van der Waals surface area contributed by atoms with Crippen molar-refractivity contribution in [1.29, 1.82) is 0 Å². The molecule has 21 heavy (non-hydrogen) atoms. The monoisotopic (exact) mass is 316 g/mol. The maximum atomic E-state index is 11.9. The molecule has 0 spiro atoms. The van der Waals surface area contributed by atoms with Gasteiger partial charge in [-0.3, -0.25) is 4.79 Å². The van der Waals surface area contributed by atoms with Crippen LogP contribution in [0.5, 0.6) is 0 Å². The first-order chi connectivity index (χ1) is 10.2. The Kier molecular flexibility index (Phi) is 4.31. The van der Waals surface area contributed by atoms with E-state index in [0.717, 1.165) is 17.7 Å². The van der Waals surface area contributed by atoms with Gasteiger partial charge in [0, 0.05) is 22.5 Å². The summed E-state index contributed by atoms with van der Waals surface area (Å²) in [6.07, 6.45) is 1.29. The minimum absolute atomic E-state index is 0.0909. The van der Waals surface area contributed by atoms with E-state index in [4.69, 9.17) is 0 Å². The standard InChI is InChI=1S/C16H16N2OS2/c1-11-14(21-10-18-11)4-5-16(19)17-9-12-2-3-15-13(8-12)6-7-20-15/h2-3,6-8,10H,4-5,9H2,1H3,(H,17,19). The highest BCUT2D eigenvalue weighted by Gasteiger charge is 2.06. The zero-order chi connectivity index (χ0) is 14.7. The van der Waals surface area contributed by atoms with E-state index in [1.54, 1.807) is 22.7 Å². The molecule has 5 heteroatoms. The second kappa shape index (κ2) is 6.37. The van der Waals surface area contributed by atoms with Gasteiger partial charge in [-0.15, -0.1) is 22.7 Å². The summed E-state index contributed by atoms with van der Waals surface area (Å²) in [5.41, 5.74) is 4.01. The summed E-state index contributed by atoms with van der Waals surface area (Å²) in [7, 11) is 0. The first kappa shape index (κ1) is 14.2. The van der Waals surface area contributed by atoms with Crippen molar-refractivity contribution in [2.75, 3.05) is 0 Å². The molecule has 2 heterocycles. The Hall–Kier alpha value is -1.72. The fraction of sp³-hybridized carbons (Fsp3) is 0.250. The summed E-state index contributed by atoms with van der Waals surface area (Å²) in [5.74, 6) is 0.0909. The number of benzene rings is 1. The average molecular weight is 316 g/mol. The molecule has 0 atom stereocenters. The van der Waals surface area contributed by atoms with E-state index in [-0.39, 0.29) is 5.91 Å². The third kappa shape index (κ3) is 3.49. The lowest BCUT2D eigenvalue weighted by molar-refractivity contribution is -0.121. The van der Waals surface area contributed by atoms with E-state index in [1.165, 1.54) is 15.0 Å². The maximum absolute atomic E-state index is 11.9. The summed E-state index contributed by atoms with van der Waals surface area (Å²) in [5, 5.41) is 6.32. The number of aromatic nitrogens is 1. The number of nitrogens with one attached hydrogen (secondary N) is 1. The third-order valence-corrected chi connectivity index (χ3v) is 5.32. The Morgan fingerprint density at radius 3 is 3.00 bits per heavy atom. The molecule has 0 radical (unpaired) electrons. The molecule has 3 aromatic rings. The van der Waals surface area contributed by atoms with E-state index in [9.17, 15) is 4.79 Å². The smallest absolute Gasteiger partial charge is 0.220 e. The van der Waals surface area contributed by atoms with Crippen molar-refractivity contribution in [3.05, 3.63) is 51.3 Å². The Labute approximate surface area is 131 Å². The Morgan fingerprint density at radius 2 is 2.19 bits per heavy atom. The number of amides is 1. The lowest BCUT2D eigenvalue weighted by Crippen LogP contribution is -2.22. The molecule has 0 saturated heterocycles. The predicted molar refractivity (Wildman–Crippen MR) is 88.8 cm³/mol. The quantitative estimate of drug-likeness (QED) is 0.775. The molecule has 3 nitrogen and oxygen atoms in total. The van der Waals surface area contributed by atoms with Gasteiger partial charge in [-0.1, -0.05) is 6.07 Å². The first-order valence-corrected chi connectivity index (χ1v) is 8.60. The second-order valence-corrected chi connectivity index (χ2v) is 6.82. The van der Waals surface area contributed by atoms with Crippen LogP contribution in [0.15, 0.2) is 35.2 Å². The van der Waals surface area contributed by atoms with Crippen LogP contribution >= 0.6 is 22.7 Å². The van der Waals surface area contributed by atoms with Crippen LogP contribution in [0.2, 0.25) is 0 Å². The molecule has 2 aromatic heterocycles. The van der Waals surface area contributed by atoms with E-state index in [2.05, 4.69) is 39.9 Å². The molecule has 0 aliphatic carbocycles. The number of nitrogens with zero attached hydrogens (tertiary/aromatic N) is 1. The van der Waals surface area contributed by atoms with Gasteiger partial charge in [-0.25, -0.2) is 4.98 Å². The maximum Gasteiger partial charge on any atom is 0.220 e. The molecule has 1 amide bonds. The number of thiazole rings is 1. The summed E-state index contributed by atoms with van der Waals surface area (Å²) in [4.78, 5) is 17.3. The molecule has 0 fully saturated rings. The molecule has 108 valence electrons. The number of fused-ring (bicyclic) bond motifs is 1. The number of hydrogen-bond acceptors (Lipinski definition) is 4. The predicted octanol–water partition coefficient (Wildman–Crippen LogP) is 3.92. The molecular formula is C16H16N2OS2. The van der Waals surface area contributed by atoms with Crippen LogP contribution in [0.25, 0.3) is 10.1 Å². The van der Waals surface area contributed by atoms with Gasteiger partial charge >= 0.3 is 0 Å². The zero-order valence-electron chi connectivity index (χ0n) is 11.8. The van der Waals surface area contributed by atoms with Crippen LogP contribution in [-0.2, 0) is 17.8 Å². The number of thiophene rings is 1. The van der Waals surface area contributed by atoms with Gasteiger partial charge in [-0.2, -0.15) is 0 Å². The van der Waals surface area contributed by atoms with Crippen molar-refractivity contribution in [3.63, 3.8) is 0 Å². The number of carbonyl (C=O) groups excluding carboxylic acids is 1. The second-order valence-electron chi connectivity index (χ2n) is 4.93. The van der Waals surface area contributed by atoms with Gasteiger partial charge in [0.25, 0.3) is 0 Å². The van der Waals surface area contributed by atoms with E-state index in [0.29, 0.717) is 13.0 Å². The third-order valence-electron chi connectivity index (χ3n) is 3.43. The molecule has 3 rings (SSSR count). The van der Waals surface area contributed by atoms with Crippen molar-refractivity contribution >= 4 is 38.7 Å². The van der Waals surface area contributed by atoms with Gasteiger partial charge in [0.15, 0.2) is 0 Å². The molecule has 0 saturated carbocycles. The van der Waals surface area contributed by atoms with Crippen molar-refractivity contribution in [2.24, 2.45) is 0 Å². The zero-order valence-corrected chi connectivity index (χ0v) is 13.4. The minimum Gasteiger partial charge on any atom is -0.352 e. The lowest BCUT2D eigenvalue weighted by Gasteiger charge is -2.05. The van der Waals surface area contributed by atoms with Crippen LogP contribution in [0.4, 0.5) is 0 Å². The lowest BCUT2D eigenvalue weighted by atomic mass is 10.1. The Bertz CT molecular complexity index is 760. The molecule has 1 aromatic carbocycles. The van der Waals surface area contributed by atoms with E-state index in [1.807, 2.05) is 12.4 Å². The summed E-state index contributed by atoms with van der Waals surface area (Å²) < 4.78 is 1.28. The van der Waals surface area contributed by atoms with Crippen LogP contribution in [0, 0.1) is 6.92 Å². The number of aryl methyl sites for hydroxylation is 2. The van der Waals surface area contributed by atoms with Crippen LogP contribution in [0.3, 0.4) is 0 Å². The Morgan fingerprint density at radius 1 is 1.29 bits per heavy atom. The Balaban J connectivity index is 1.52. The van der Waals surface area contributed by atoms with Gasteiger partial charge < -0.3 is 5.32 Å². The highest BCUT2D eigenvalue weighted by Crippen LogP contribution is 2.21. The highest BCUT2D eigenvalue weighted by molar-refractivity contribution is 7.17. The minimum atomic E-state index is 0.0909. The molecule has 0 aliphatic rings. The molecular weight excluding hydrogens is 300 g/mol. The first-order valence-electron chi connectivity index (χ1n) is 6.84. The molecule has 1 N–H and O–H groups in total. The van der Waals surface area contributed by atoms with Gasteiger partial charge in [0.1, 0.15) is 0 Å². The fourth-order valence-corrected chi connectivity index (χ4v) is 3.76. The normalized spacial score (nSPS) is 10.9. The molecule has 0 unspecified atom stereocenters. The molecule has 0 aliphatic heterocycles. The average Bonchev–Trinajstić information content (AvgIpc) is 3.11. The highest BCUT2D eigenvalue weighted by atomic mass is 32.1.